The van der Waals surface area contributed by atoms with Gasteiger partial charge in [0.2, 0.25) is 0 Å². The molecule has 0 unspecified atom stereocenters. The number of nitrogens with one attached hydrogen (secondary N) is 3. The Kier molecular flexibility index (Phi) is 35.8. The number of amides is 3. The summed E-state index contributed by atoms with van der Waals surface area (Å²) in [5.74, 6) is 6.32. The average molecular weight is 1680 g/mol. The van der Waals surface area contributed by atoms with Gasteiger partial charge in [-0.15, -0.1) is 6.42 Å². The number of fused-ring (bicyclic) bond motifs is 4. The Morgan fingerprint density at radius 1 is 0.590 bits per heavy atom. The van der Waals surface area contributed by atoms with Crippen LogP contribution in [0.3, 0.4) is 0 Å². The minimum atomic E-state index is -1.21. The third-order valence-corrected chi connectivity index (χ3v) is 21.6. The van der Waals surface area contributed by atoms with E-state index in [0.29, 0.717) is 117 Å². The van der Waals surface area contributed by atoms with E-state index in [1.54, 1.807) is 92.2 Å². The third kappa shape index (κ3) is 25.9. The summed E-state index contributed by atoms with van der Waals surface area (Å²) in [4.78, 5) is 98.6. The minimum absolute atomic E-state index is 0.0353. The lowest BCUT2D eigenvalue weighted by Gasteiger charge is -2.16. The highest BCUT2D eigenvalue weighted by molar-refractivity contribution is 9.11. The number of hydrogen-bond donors (Lipinski definition) is 7. The van der Waals surface area contributed by atoms with Crippen molar-refractivity contribution in [2.24, 2.45) is 33.9 Å². The zero-order valence-corrected chi connectivity index (χ0v) is 72.2. The van der Waals surface area contributed by atoms with Crippen LogP contribution in [0.1, 0.15) is 142 Å². The van der Waals surface area contributed by atoms with E-state index in [9.17, 15) is 48.6 Å². The molecule has 9 rings (SSSR count). The van der Waals surface area contributed by atoms with Gasteiger partial charge in [0.15, 0.2) is 0 Å². The zero-order valence-electron chi connectivity index (χ0n) is 65.4. The van der Waals surface area contributed by atoms with E-state index in [4.69, 9.17) is 31.5 Å². The van der Waals surface area contributed by atoms with Gasteiger partial charge < -0.3 is 78.6 Å². The molecule has 578 valence electrons. The van der Waals surface area contributed by atoms with Crippen molar-refractivity contribution in [2.75, 3.05) is 52.6 Å². The number of allylic oxidation sites excluding steroid dienone is 2. The normalized spacial score (nSPS) is 12.9. The molecular weight excluding hydrogens is 1570 g/mol. The molecule has 7 heterocycles. The molecule has 6 aromatic heterocycles. The van der Waals surface area contributed by atoms with Gasteiger partial charge in [-0.3, -0.25) is 33.6 Å². The summed E-state index contributed by atoms with van der Waals surface area (Å²) in [6.07, 6.45) is 15.0. The number of aromatic carboxylic acids is 1. The van der Waals surface area contributed by atoms with Gasteiger partial charge in [0.1, 0.15) is 35.7 Å². The van der Waals surface area contributed by atoms with Crippen LogP contribution in [0.4, 0.5) is 0 Å². The number of halogens is 3. The molecule has 0 saturated carbocycles. The van der Waals surface area contributed by atoms with E-state index >= 15 is 0 Å². The second-order valence-corrected chi connectivity index (χ2v) is 42.9. The molecule has 0 radical (unpaired) electrons. The molecule has 0 aromatic carbocycles. The van der Waals surface area contributed by atoms with Crippen LogP contribution in [-0.2, 0) is 78.3 Å². The lowest BCUT2D eigenvalue weighted by atomic mass is 9.99. The highest BCUT2D eigenvalue weighted by Crippen LogP contribution is 2.37. The van der Waals surface area contributed by atoms with Gasteiger partial charge in [-0.1, -0.05) is 75.1 Å². The van der Waals surface area contributed by atoms with Crippen molar-refractivity contribution in [3.63, 3.8) is 0 Å². The average Bonchev–Trinajstić information content (AvgIpc) is 1.61. The number of rotatable bonds is 17. The van der Waals surface area contributed by atoms with Crippen molar-refractivity contribution in [3.8, 4) is 24.2 Å². The van der Waals surface area contributed by atoms with Gasteiger partial charge in [0, 0.05) is 203 Å². The Morgan fingerprint density at radius 2 is 0.943 bits per heavy atom. The molecule has 6 aromatic rings. The number of nitrogens with zero attached hydrogens (tertiary/aromatic N) is 6. The minimum Gasteiger partial charge on any atom is -0.478 e. The summed E-state index contributed by atoms with van der Waals surface area (Å²) in [7, 11) is 4.34. The number of likely N-dealkylation sites (N-methyl/N-ethyl adjacent to an activating group) is 2. The van der Waals surface area contributed by atoms with Crippen LogP contribution in [-0.4, -0.2) is 146 Å². The van der Waals surface area contributed by atoms with Crippen molar-refractivity contribution in [1.82, 2.24) is 43.4 Å². The first-order chi connectivity index (χ1) is 48.7. The lowest BCUT2D eigenvalue weighted by Crippen LogP contribution is -2.26. The van der Waals surface area contributed by atoms with E-state index in [-0.39, 0.29) is 59.0 Å². The summed E-state index contributed by atoms with van der Waals surface area (Å²) in [5, 5.41) is 37.5. The smallest absolute Gasteiger partial charge is 0.338 e. The summed E-state index contributed by atoms with van der Waals surface area (Å²) in [5.41, 5.74) is 11.2. The number of ether oxygens (including phenoxy) is 3. The first-order valence-electron chi connectivity index (χ1n) is 35.0. The van der Waals surface area contributed by atoms with Crippen molar-refractivity contribution < 1.29 is 48.7 Å². The van der Waals surface area contributed by atoms with Crippen LogP contribution in [0.5, 0.6) is 0 Å². The first-order valence-corrected chi connectivity index (χ1v) is 44.8. The predicted octanol–water partition coefficient (Wildman–Crippen LogP) is 10.6. The van der Waals surface area contributed by atoms with Crippen LogP contribution in [0.25, 0.3) is 33.0 Å². The molecule has 2 aliphatic carbocycles. The fourth-order valence-electron chi connectivity index (χ4n) is 11.0. The molecule has 105 heavy (non-hydrogen) atoms. The maximum Gasteiger partial charge on any atom is 0.338 e. The number of aliphatic hydroxyl groups is 2. The Labute approximate surface area is 645 Å². The number of hydrogen-bond acceptors (Lipinski definition) is 14. The Hall–Kier alpha value is -7.01. The molecule has 24 nitrogen and oxygen atoms in total. The highest BCUT2D eigenvalue weighted by Gasteiger charge is 2.32. The number of carboxylic acids is 1. The van der Waals surface area contributed by atoms with Gasteiger partial charge >= 0.3 is 5.97 Å². The Bertz CT molecular complexity index is 4560. The lowest BCUT2D eigenvalue weighted by molar-refractivity contribution is -0.116. The van der Waals surface area contributed by atoms with Gasteiger partial charge in [0.25, 0.3) is 40.0 Å². The van der Waals surface area contributed by atoms with E-state index in [1.807, 2.05) is 53.0 Å². The van der Waals surface area contributed by atoms with E-state index in [0.717, 1.165) is 63.2 Å². The summed E-state index contributed by atoms with van der Waals surface area (Å²) in [6, 6.07) is 2.06. The molecule has 29 heteroatoms. The number of carbonyl (C=O) groups is 4. The summed E-state index contributed by atoms with van der Waals surface area (Å²) < 4.78 is 28.1. The zero-order chi connectivity index (χ0) is 80.1. The van der Waals surface area contributed by atoms with Crippen LogP contribution in [0.2, 0.25) is 51.4 Å². The molecule has 3 amide bonds. The SMILES string of the molecule is C#CC(C)(C)O.C1CCOC1.CCN.CCNC(=O)C1=C(C)Cc2c1c(Br)cn(C)c2=O.CCNC(=O)C1=C(C)Cc2c1c(C#CC(C)(C)O)cn(C)c2=O.CCNC(=O)c1c(C)n(COCC[Si](C)(C)C)c2c(=O)n(C)cc(Br)c12.Cc1c(C(=O)O)c2c(Br)cn(C)c(=O)c2n1COCC[Si](C)(C)C. The molecule has 1 saturated heterocycles. The van der Waals surface area contributed by atoms with Crippen LogP contribution in [0.15, 0.2) is 68.5 Å². The van der Waals surface area contributed by atoms with Gasteiger partial charge in [-0.2, -0.15) is 0 Å². The van der Waals surface area contributed by atoms with E-state index < -0.39 is 33.3 Å². The summed E-state index contributed by atoms with van der Waals surface area (Å²) >= 11 is 10.3. The second-order valence-electron chi connectivity index (χ2n) is 29.1. The number of aryl methyl sites for hydroxylation is 4. The van der Waals surface area contributed by atoms with Crippen molar-refractivity contribution >= 4 is 121 Å². The quantitative estimate of drug-likeness (QED) is 0.0254. The molecule has 0 atom stereocenters. The standard InChI is InChI=1S/C18H28BrN3O3Si.C18H22N2O3.C16H23BrN2O4Si.C13H15BrN2O2.C5H8O.C4H8O.C2H7N/c1-7-20-17(23)14-12(2)22(11-25-8-9-26(4,5)6)16-15(14)13(19)10-21(3)18(16)24;1-6-19-16(21)14-11(2)9-13-15(14)12(7-8-18(3,4)23)10-20(5)17(13)22;1-10-12(16(21)22)13-11(17)8-18(2)15(20)14(13)19(10)9-23-6-7-24(3,4)5;1-4-15-12(17)10-7(2)5-8-11(10)9(14)6-16(3)13(8)18;1-4-5(2,3)6;1-2-4-5-3-1;1-2-3/h10H,7-9,11H2,1-6H3,(H,20,23);10,23H,6,9H2,1-5H3,(H,19,21);8H,6-7,9H2,1-5H3,(H,21,22);6H,4-5H2,1-3H3,(H,15,17);1,6H,2-3H3;1-4H2;2-3H2,1H3. The van der Waals surface area contributed by atoms with Crippen LogP contribution in [0, 0.1) is 38.0 Å². The predicted molar refractivity (Wildman–Crippen MR) is 437 cm³/mol. The Morgan fingerprint density at radius 3 is 1.30 bits per heavy atom. The monoisotopic (exact) mass is 1680 g/mol. The van der Waals surface area contributed by atoms with Gasteiger partial charge in [0.05, 0.1) is 11.1 Å². The second kappa shape index (κ2) is 40.8. The molecule has 0 spiro atoms. The van der Waals surface area contributed by atoms with Crippen molar-refractivity contribution in [1.29, 1.82) is 0 Å². The maximum atomic E-state index is 12.8. The summed E-state index contributed by atoms with van der Waals surface area (Å²) in [6.45, 7) is 40.9. The maximum absolute atomic E-state index is 12.8. The first kappa shape index (κ1) is 92.2. The van der Waals surface area contributed by atoms with Gasteiger partial charge in [-0.25, -0.2) is 4.79 Å². The van der Waals surface area contributed by atoms with Crippen LogP contribution >= 0.6 is 47.8 Å². The number of nitrogens with two attached hydrogens (primary N) is 1. The molecule has 0 bridgehead atoms. The highest BCUT2D eigenvalue weighted by atomic mass is 79.9. The molecule has 8 N–H and O–H groups in total. The number of terminal acetylenes is 1. The Balaban J connectivity index is 0.000000343. The molecule has 1 fully saturated rings. The number of carboxylic acid groups (broad SMARTS) is 1. The van der Waals surface area contributed by atoms with E-state index in [2.05, 4.69) is 121 Å². The fraction of sp³-hybridized carbons (Fsp3) is 0.526. The van der Waals surface area contributed by atoms with Gasteiger partial charge in [-0.05, 0) is 155 Å². The molecular formula is C76H111Br3N10O14Si2. The number of aromatic nitrogens is 6. The molecule has 1 aliphatic heterocycles. The largest absolute Gasteiger partial charge is 0.478 e. The van der Waals surface area contributed by atoms with Crippen molar-refractivity contribution in [2.45, 2.75) is 185 Å². The fourth-order valence-corrected chi connectivity index (χ4v) is 14.6. The topological polar surface area (TPSA) is 317 Å². The molecule has 3 aliphatic rings. The third-order valence-electron chi connectivity index (χ3n) is 16.3. The van der Waals surface area contributed by atoms with Crippen molar-refractivity contribution in [3.05, 3.63) is 141 Å². The number of pyridine rings is 4. The van der Waals surface area contributed by atoms with Crippen LogP contribution < -0.4 is 43.9 Å². The number of carbonyl (C=O) groups excluding carboxylic acids is 3. The van der Waals surface area contributed by atoms with E-state index in [1.165, 1.54) is 31.1 Å².